The highest BCUT2D eigenvalue weighted by atomic mass is 16.5. The van der Waals surface area contributed by atoms with Crippen molar-refractivity contribution < 1.29 is 14.6 Å². The van der Waals surface area contributed by atoms with Crippen LogP contribution in [0.5, 0.6) is 0 Å². The number of aliphatic hydroxyl groups excluding tert-OH is 1. The summed E-state index contributed by atoms with van der Waals surface area (Å²) in [5.74, 6) is 0. The third-order valence-corrected chi connectivity index (χ3v) is 3.04. The summed E-state index contributed by atoms with van der Waals surface area (Å²) in [4.78, 5) is 0. The average Bonchev–Trinajstić information content (AvgIpc) is 2.41. The Kier molecular flexibility index (Phi) is 4.98. The van der Waals surface area contributed by atoms with Crippen molar-refractivity contribution in [2.24, 2.45) is 0 Å². The monoisotopic (exact) mass is 236 g/mol. The fraction of sp³-hybridized carbons (Fsp3) is 0.571. The van der Waals surface area contributed by atoms with Crippen LogP contribution < -0.4 is 0 Å². The van der Waals surface area contributed by atoms with Crippen LogP contribution in [0.25, 0.3) is 0 Å². The van der Waals surface area contributed by atoms with E-state index in [1.807, 2.05) is 30.3 Å². The largest absolute Gasteiger partial charge is 0.386 e. The van der Waals surface area contributed by atoms with Crippen LogP contribution in [0, 0.1) is 0 Å². The Morgan fingerprint density at radius 3 is 2.82 bits per heavy atom. The van der Waals surface area contributed by atoms with Crippen molar-refractivity contribution >= 4 is 0 Å². The number of ether oxygens (including phenoxy) is 2. The predicted octanol–water partition coefficient (Wildman–Crippen LogP) is 2.31. The molecule has 0 saturated carbocycles. The van der Waals surface area contributed by atoms with Gasteiger partial charge in [0.05, 0.1) is 19.3 Å². The van der Waals surface area contributed by atoms with Gasteiger partial charge in [0.25, 0.3) is 0 Å². The fourth-order valence-corrected chi connectivity index (χ4v) is 2.02. The van der Waals surface area contributed by atoms with Gasteiger partial charge >= 0.3 is 0 Å². The van der Waals surface area contributed by atoms with Gasteiger partial charge in [0.2, 0.25) is 0 Å². The lowest BCUT2D eigenvalue weighted by molar-refractivity contribution is -0.0574. The predicted molar refractivity (Wildman–Crippen MR) is 65.8 cm³/mol. The average molecular weight is 236 g/mol. The van der Waals surface area contributed by atoms with E-state index in [9.17, 15) is 5.11 Å². The minimum Gasteiger partial charge on any atom is -0.386 e. The van der Waals surface area contributed by atoms with E-state index in [2.05, 4.69) is 0 Å². The van der Waals surface area contributed by atoms with E-state index in [-0.39, 0.29) is 6.10 Å². The molecule has 1 saturated heterocycles. The quantitative estimate of drug-likeness (QED) is 0.852. The van der Waals surface area contributed by atoms with E-state index in [1.54, 1.807) is 0 Å². The van der Waals surface area contributed by atoms with Gasteiger partial charge in [-0.1, -0.05) is 30.3 Å². The summed E-state index contributed by atoms with van der Waals surface area (Å²) in [7, 11) is 0. The van der Waals surface area contributed by atoms with Gasteiger partial charge in [-0.15, -0.1) is 0 Å². The van der Waals surface area contributed by atoms with Gasteiger partial charge in [0.1, 0.15) is 6.10 Å². The van der Waals surface area contributed by atoms with Crippen LogP contribution in [0.2, 0.25) is 0 Å². The Bertz CT molecular complexity index is 307. The molecule has 0 spiro atoms. The molecule has 2 atom stereocenters. The van der Waals surface area contributed by atoms with Crippen LogP contribution in [0.3, 0.4) is 0 Å². The summed E-state index contributed by atoms with van der Waals surface area (Å²) >= 11 is 0. The van der Waals surface area contributed by atoms with E-state index in [0.717, 1.165) is 25.0 Å². The second-order valence-corrected chi connectivity index (χ2v) is 4.45. The van der Waals surface area contributed by atoms with Gasteiger partial charge in [-0.3, -0.25) is 0 Å². The molecular formula is C14H20O3. The minimum absolute atomic E-state index is 0.215. The first-order chi connectivity index (χ1) is 8.36. The maximum Gasteiger partial charge on any atom is 0.102 e. The summed E-state index contributed by atoms with van der Waals surface area (Å²) in [5, 5.41) is 9.88. The lowest BCUT2D eigenvalue weighted by Gasteiger charge is -2.23. The molecule has 1 heterocycles. The molecule has 2 unspecified atom stereocenters. The molecule has 1 aliphatic rings. The Balaban J connectivity index is 1.67. The first kappa shape index (κ1) is 12.6. The molecule has 1 aromatic rings. The maximum atomic E-state index is 9.88. The second kappa shape index (κ2) is 6.74. The summed E-state index contributed by atoms with van der Waals surface area (Å²) in [6.07, 6.45) is 3.12. The third kappa shape index (κ3) is 4.11. The molecule has 1 fully saturated rings. The van der Waals surface area contributed by atoms with Crippen molar-refractivity contribution in [1.82, 2.24) is 0 Å². The maximum absolute atomic E-state index is 9.88. The molecule has 1 aliphatic heterocycles. The molecule has 3 heteroatoms. The molecule has 17 heavy (non-hydrogen) atoms. The van der Waals surface area contributed by atoms with Crippen molar-refractivity contribution in [2.45, 2.75) is 31.5 Å². The molecule has 0 bridgehead atoms. The lowest BCUT2D eigenvalue weighted by atomic mass is 10.1. The highest BCUT2D eigenvalue weighted by Crippen LogP contribution is 2.15. The van der Waals surface area contributed by atoms with E-state index >= 15 is 0 Å². The first-order valence-corrected chi connectivity index (χ1v) is 6.28. The normalized spacial score (nSPS) is 22.3. The zero-order valence-electron chi connectivity index (χ0n) is 10.0. The SMILES string of the molecule is OC(COCC1CCCCO1)c1ccccc1. The van der Waals surface area contributed by atoms with Gasteiger partial charge in [-0.05, 0) is 24.8 Å². The molecule has 0 aliphatic carbocycles. The topological polar surface area (TPSA) is 38.7 Å². The molecule has 3 nitrogen and oxygen atoms in total. The standard InChI is InChI=1S/C14H20O3/c15-14(12-6-2-1-3-7-12)11-16-10-13-8-4-5-9-17-13/h1-3,6-7,13-15H,4-5,8-11H2. The Morgan fingerprint density at radius 2 is 2.12 bits per heavy atom. The van der Waals surface area contributed by atoms with E-state index in [0.29, 0.717) is 13.2 Å². The highest BCUT2D eigenvalue weighted by molar-refractivity contribution is 5.17. The van der Waals surface area contributed by atoms with Gasteiger partial charge in [-0.2, -0.15) is 0 Å². The van der Waals surface area contributed by atoms with Crippen LogP contribution in [0.1, 0.15) is 30.9 Å². The summed E-state index contributed by atoms with van der Waals surface area (Å²) < 4.78 is 11.1. The van der Waals surface area contributed by atoms with Crippen molar-refractivity contribution in [3.63, 3.8) is 0 Å². The molecule has 2 rings (SSSR count). The van der Waals surface area contributed by atoms with E-state index < -0.39 is 6.10 Å². The Hall–Kier alpha value is -0.900. The molecule has 0 radical (unpaired) electrons. The number of benzene rings is 1. The number of hydrogen-bond donors (Lipinski definition) is 1. The molecule has 94 valence electrons. The molecule has 1 aromatic carbocycles. The van der Waals surface area contributed by atoms with Gasteiger partial charge in [-0.25, -0.2) is 0 Å². The van der Waals surface area contributed by atoms with E-state index in [1.165, 1.54) is 6.42 Å². The van der Waals surface area contributed by atoms with Crippen LogP contribution in [0.15, 0.2) is 30.3 Å². The number of hydrogen-bond acceptors (Lipinski definition) is 3. The number of rotatable bonds is 5. The van der Waals surface area contributed by atoms with Crippen LogP contribution in [-0.2, 0) is 9.47 Å². The molecule has 0 amide bonds. The van der Waals surface area contributed by atoms with Crippen LogP contribution in [-0.4, -0.2) is 31.0 Å². The van der Waals surface area contributed by atoms with Crippen LogP contribution >= 0.6 is 0 Å². The zero-order chi connectivity index (χ0) is 11.9. The first-order valence-electron chi connectivity index (χ1n) is 6.28. The lowest BCUT2D eigenvalue weighted by Crippen LogP contribution is -2.25. The highest BCUT2D eigenvalue weighted by Gasteiger charge is 2.15. The number of aliphatic hydroxyl groups is 1. The van der Waals surface area contributed by atoms with Gasteiger partial charge in [0.15, 0.2) is 0 Å². The summed E-state index contributed by atoms with van der Waals surface area (Å²) in [6.45, 7) is 1.77. The van der Waals surface area contributed by atoms with Crippen LogP contribution in [0.4, 0.5) is 0 Å². The summed E-state index contributed by atoms with van der Waals surface area (Å²) in [6, 6.07) is 9.59. The zero-order valence-corrected chi connectivity index (χ0v) is 10.0. The Morgan fingerprint density at radius 1 is 1.29 bits per heavy atom. The fourth-order valence-electron chi connectivity index (χ4n) is 2.02. The van der Waals surface area contributed by atoms with Gasteiger partial charge in [0, 0.05) is 6.61 Å². The minimum atomic E-state index is -0.542. The molecular weight excluding hydrogens is 216 g/mol. The van der Waals surface area contributed by atoms with Crippen molar-refractivity contribution in [3.8, 4) is 0 Å². The van der Waals surface area contributed by atoms with Crippen molar-refractivity contribution in [3.05, 3.63) is 35.9 Å². The summed E-state index contributed by atoms with van der Waals surface area (Å²) in [5.41, 5.74) is 0.900. The van der Waals surface area contributed by atoms with Gasteiger partial charge < -0.3 is 14.6 Å². The van der Waals surface area contributed by atoms with Crippen molar-refractivity contribution in [1.29, 1.82) is 0 Å². The van der Waals surface area contributed by atoms with E-state index in [4.69, 9.17) is 9.47 Å². The van der Waals surface area contributed by atoms with Crippen molar-refractivity contribution in [2.75, 3.05) is 19.8 Å². The Labute approximate surface area is 102 Å². The second-order valence-electron chi connectivity index (χ2n) is 4.45. The third-order valence-electron chi connectivity index (χ3n) is 3.04. The molecule has 0 aromatic heterocycles. The smallest absolute Gasteiger partial charge is 0.102 e. The molecule has 1 N–H and O–H groups in total.